The largest absolute Gasteiger partial charge is 0.487 e. The summed E-state index contributed by atoms with van der Waals surface area (Å²) < 4.78 is 7.72. The molecular formula is C29H29N7O. The maximum Gasteiger partial charge on any atom is 0.157 e. The Morgan fingerprint density at radius 2 is 1.73 bits per heavy atom. The molecule has 0 spiro atoms. The van der Waals surface area contributed by atoms with Crippen LogP contribution in [0.25, 0.3) is 10.9 Å². The second kappa shape index (κ2) is 10.6. The van der Waals surface area contributed by atoms with E-state index in [0.717, 1.165) is 27.9 Å². The third-order valence-electron chi connectivity index (χ3n) is 5.94. The number of anilines is 1. The summed E-state index contributed by atoms with van der Waals surface area (Å²) in [7, 11) is 0. The number of nitrogens with zero attached hydrogens (tertiary/aromatic N) is 6. The van der Waals surface area contributed by atoms with Crippen LogP contribution in [0.15, 0.2) is 90.4 Å². The molecule has 5 aromatic rings. The fourth-order valence-electron chi connectivity index (χ4n) is 3.85. The van der Waals surface area contributed by atoms with E-state index < -0.39 is 0 Å². The third-order valence-corrected chi connectivity index (χ3v) is 5.94. The molecule has 0 aliphatic heterocycles. The van der Waals surface area contributed by atoms with Gasteiger partial charge in [-0.2, -0.15) is 5.10 Å². The van der Waals surface area contributed by atoms with Crippen LogP contribution in [0, 0.1) is 0 Å². The van der Waals surface area contributed by atoms with Crippen LogP contribution in [0.3, 0.4) is 0 Å². The van der Waals surface area contributed by atoms with Crippen molar-refractivity contribution in [2.24, 2.45) is 5.10 Å². The van der Waals surface area contributed by atoms with Crippen molar-refractivity contribution in [1.82, 2.24) is 25.0 Å². The van der Waals surface area contributed by atoms with Gasteiger partial charge >= 0.3 is 0 Å². The van der Waals surface area contributed by atoms with E-state index in [4.69, 9.17) is 4.74 Å². The molecule has 8 heteroatoms. The maximum absolute atomic E-state index is 5.89. The lowest BCUT2D eigenvalue weighted by Crippen LogP contribution is -2.11. The van der Waals surface area contributed by atoms with Crippen LogP contribution < -0.4 is 10.2 Å². The highest BCUT2D eigenvalue weighted by molar-refractivity contribution is 5.89. The number of nitrogens with one attached hydrogen (secondary N) is 1. The second-order valence-electron chi connectivity index (χ2n) is 9.82. The van der Waals surface area contributed by atoms with E-state index in [1.165, 1.54) is 17.5 Å². The van der Waals surface area contributed by atoms with Gasteiger partial charge in [-0.15, -0.1) is 5.10 Å². The van der Waals surface area contributed by atoms with Gasteiger partial charge in [-0.25, -0.2) is 14.6 Å². The number of hydrogen-bond donors (Lipinski definition) is 1. The first kappa shape index (κ1) is 24.1. The smallest absolute Gasteiger partial charge is 0.157 e. The molecule has 2 aromatic heterocycles. The van der Waals surface area contributed by atoms with Crippen molar-refractivity contribution in [2.45, 2.75) is 39.3 Å². The average molecular weight is 492 g/mol. The van der Waals surface area contributed by atoms with Crippen molar-refractivity contribution >= 4 is 22.9 Å². The topological polar surface area (TPSA) is 90.1 Å². The van der Waals surface area contributed by atoms with Crippen molar-refractivity contribution in [3.8, 4) is 5.75 Å². The van der Waals surface area contributed by atoms with Crippen LogP contribution in [0.4, 0.5) is 5.82 Å². The standard InChI is InChI=1S/C29H29N7O/c1-29(2,3)23-12-8-22(9-13-23)17-36-18-24(33-35-36)19-37-25-14-10-21(11-15-25)16-32-34-28-26-6-4-5-7-27(26)30-20-31-28/h4-16,18,20H,17,19H2,1-3H3,(H,30,31,34)/b32-16+. The lowest BCUT2D eigenvalue weighted by atomic mass is 9.87. The maximum atomic E-state index is 5.89. The Bertz CT molecular complexity index is 1500. The SMILES string of the molecule is CC(C)(C)c1ccc(Cn2cc(COc3ccc(/C=N/Nc4ncnc5ccccc45)cc3)nn2)cc1. The molecule has 0 fully saturated rings. The highest BCUT2D eigenvalue weighted by atomic mass is 16.5. The Hall–Kier alpha value is -4.59. The number of para-hydroxylation sites is 1. The molecule has 0 saturated heterocycles. The van der Waals surface area contributed by atoms with Gasteiger partial charge in [-0.3, -0.25) is 5.43 Å². The first-order valence-electron chi connectivity index (χ1n) is 12.1. The molecule has 0 bridgehead atoms. The van der Waals surface area contributed by atoms with Gasteiger partial charge in [0, 0.05) is 5.39 Å². The Morgan fingerprint density at radius 1 is 0.946 bits per heavy atom. The van der Waals surface area contributed by atoms with Crippen molar-refractivity contribution in [2.75, 3.05) is 5.43 Å². The van der Waals surface area contributed by atoms with E-state index in [1.54, 1.807) is 6.21 Å². The van der Waals surface area contributed by atoms with E-state index in [-0.39, 0.29) is 5.41 Å². The van der Waals surface area contributed by atoms with Gasteiger partial charge in [-0.05, 0) is 58.5 Å². The van der Waals surface area contributed by atoms with Crippen LogP contribution in [0.1, 0.15) is 43.2 Å². The summed E-state index contributed by atoms with van der Waals surface area (Å²) in [6, 6.07) is 24.1. The molecule has 0 saturated carbocycles. The van der Waals surface area contributed by atoms with E-state index in [0.29, 0.717) is 19.0 Å². The second-order valence-corrected chi connectivity index (χ2v) is 9.82. The number of fused-ring (bicyclic) bond motifs is 1. The Balaban J connectivity index is 1.13. The predicted molar refractivity (Wildman–Crippen MR) is 146 cm³/mol. The summed E-state index contributed by atoms with van der Waals surface area (Å²) in [6.07, 6.45) is 5.18. The molecule has 186 valence electrons. The fraction of sp³-hybridized carbons (Fsp3) is 0.207. The summed E-state index contributed by atoms with van der Waals surface area (Å²) in [5, 5.41) is 13.7. The Morgan fingerprint density at radius 3 is 2.51 bits per heavy atom. The van der Waals surface area contributed by atoms with E-state index >= 15 is 0 Å². The average Bonchev–Trinajstić information content (AvgIpc) is 3.35. The van der Waals surface area contributed by atoms with Crippen LogP contribution >= 0.6 is 0 Å². The molecule has 37 heavy (non-hydrogen) atoms. The number of benzene rings is 3. The minimum atomic E-state index is 0.144. The van der Waals surface area contributed by atoms with Crippen LogP contribution in [-0.4, -0.2) is 31.2 Å². The number of hydrazone groups is 1. The Labute approximate surface area is 216 Å². The van der Waals surface area contributed by atoms with Gasteiger partial charge in [-0.1, -0.05) is 62.4 Å². The molecular weight excluding hydrogens is 462 g/mol. The number of hydrogen-bond acceptors (Lipinski definition) is 7. The summed E-state index contributed by atoms with van der Waals surface area (Å²) in [6.45, 7) is 7.66. The molecule has 0 amide bonds. The number of rotatable bonds is 8. The molecule has 3 aromatic carbocycles. The van der Waals surface area contributed by atoms with Gasteiger partial charge < -0.3 is 4.74 Å². The predicted octanol–water partition coefficient (Wildman–Crippen LogP) is 5.59. The quantitative estimate of drug-likeness (QED) is 0.225. The molecule has 0 aliphatic carbocycles. The molecule has 0 aliphatic rings. The first-order chi connectivity index (χ1) is 17.9. The van der Waals surface area contributed by atoms with Crippen LogP contribution in [0.2, 0.25) is 0 Å². The van der Waals surface area contributed by atoms with Gasteiger partial charge in [0.1, 0.15) is 24.4 Å². The zero-order valence-electron chi connectivity index (χ0n) is 21.2. The Kier molecular flexibility index (Phi) is 6.89. The third kappa shape index (κ3) is 6.16. The molecule has 1 N–H and O–H groups in total. The van der Waals surface area contributed by atoms with Gasteiger partial charge in [0.2, 0.25) is 0 Å². The van der Waals surface area contributed by atoms with E-state index in [1.807, 2.05) is 59.4 Å². The number of ether oxygens (including phenoxy) is 1. The van der Waals surface area contributed by atoms with E-state index in [9.17, 15) is 0 Å². The molecule has 0 unspecified atom stereocenters. The fourth-order valence-corrected chi connectivity index (χ4v) is 3.85. The van der Waals surface area contributed by atoms with Crippen LogP contribution in [0.5, 0.6) is 5.75 Å². The lowest BCUT2D eigenvalue weighted by Gasteiger charge is -2.19. The van der Waals surface area contributed by atoms with E-state index in [2.05, 4.69) is 75.8 Å². The molecule has 5 rings (SSSR count). The molecule has 0 atom stereocenters. The van der Waals surface area contributed by atoms with Gasteiger partial charge in [0.05, 0.1) is 24.5 Å². The summed E-state index contributed by atoms with van der Waals surface area (Å²) in [5.74, 6) is 1.41. The molecule has 8 nitrogen and oxygen atoms in total. The summed E-state index contributed by atoms with van der Waals surface area (Å²) >= 11 is 0. The van der Waals surface area contributed by atoms with Crippen molar-refractivity contribution < 1.29 is 4.74 Å². The zero-order valence-corrected chi connectivity index (χ0v) is 21.2. The highest BCUT2D eigenvalue weighted by Crippen LogP contribution is 2.22. The number of aromatic nitrogens is 5. The van der Waals surface area contributed by atoms with Crippen LogP contribution in [-0.2, 0) is 18.6 Å². The minimum Gasteiger partial charge on any atom is -0.487 e. The normalized spacial score (nSPS) is 11.8. The zero-order chi connectivity index (χ0) is 25.7. The lowest BCUT2D eigenvalue weighted by molar-refractivity contribution is 0.301. The molecule has 0 radical (unpaired) electrons. The monoisotopic (exact) mass is 491 g/mol. The van der Waals surface area contributed by atoms with Crippen molar-refractivity contribution in [3.63, 3.8) is 0 Å². The van der Waals surface area contributed by atoms with Gasteiger partial charge in [0.25, 0.3) is 0 Å². The minimum absolute atomic E-state index is 0.144. The molecule has 2 heterocycles. The highest BCUT2D eigenvalue weighted by Gasteiger charge is 2.13. The first-order valence-corrected chi connectivity index (χ1v) is 12.1. The van der Waals surface area contributed by atoms with Gasteiger partial charge in [0.15, 0.2) is 5.82 Å². The van der Waals surface area contributed by atoms with Crippen molar-refractivity contribution in [1.29, 1.82) is 0 Å². The summed E-state index contributed by atoms with van der Waals surface area (Å²) in [5.41, 5.74) is 8.22. The summed E-state index contributed by atoms with van der Waals surface area (Å²) in [4.78, 5) is 8.53. The van der Waals surface area contributed by atoms with Crippen molar-refractivity contribution in [3.05, 3.63) is 108 Å².